The molecule has 0 N–H and O–H groups in total. The molecular formula is C12H3Cl7. The number of hydrogen-bond donors (Lipinski definition) is 0. The van der Waals surface area contributed by atoms with Crippen molar-refractivity contribution in [1.82, 2.24) is 0 Å². The van der Waals surface area contributed by atoms with Crippen molar-refractivity contribution >= 4 is 81.2 Å². The third kappa shape index (κ3) is 2.78. The first-order chi connectivity index (χ1) is 8.86. The topological polar surface area (TPSA) is 0 Å². The molecule has 0 spiro atoms. The van der Waals surface area contributed by atoms with Gasteiger partial charge >= 0.3 is 0 Å². The van der Waals surface area contributed by atoms with E-state index in [4.69, 9.17) is 81.2 Å². The van der Waals surface area contributed by atoms with Gasteiger partial charge in [-0.1, -0.05) is 93.3 Å². The van der Waals surface area contributed by atoms with Gasteiger partial charge in [-0.3, -0.25) is 0 Å². The van der Waals surface area contributed by atoms with E-state index in [2.05, 4.69) is 0 Å². The van der Waals surface area contributed by atoms with E-state index in [1.165, 1.54) is 0 Å². The number of hydrogen-bond acceptors (Lipinski definition) is 0. The summed E-state index contributed by atoms with van der Waals surface area (Å²) in [5, 5.41) is 1.35. The van der Waals surface area contributed by atoms with Crippen LogP contribution in [0.15, 0.2) is 18.2 Å². The van der Waals surface area contributed by atoms with Crippen molar-refractivity contribution in [2.75, 3.05) is 0 Å². The fourth-order valence-corrected chi connectivity index (χ4v) is 3.28. The molecule has 2 aromatic rings. The molecule has 0 aliphatic heterocycles. The van der Waals surface area contributed by atoms with Gasteiger partial charge in [0.25, 0.3) is 0 Å². The van der Waals surface area contributed by atoms with Gasteiger partial charge in [-0.05, 0) is 6.07 Å². The van der Waals surface area contributed by atoms with E-state index in [0.29, 0.717) is 21.2 Å². The summed E-state index contributed by atoms with van der Waals surface area (Å²) in [5.41, 5.74) is 0.930. The molecule has 0 radical (unpaired) electrons. The molecule has 0 aliphatic carbocycles. The fraction of sp³-hybridized carbons (Fsp3) is 0. The maximum absolute atomic E-state index is 6.17. The Morgan fingerprint density at radius 1 is 0.526 bits per heavy atom. The summed E-state index contributed by atoms with van der Waals surface area (Å²) in [7, 11) is 0. The van der Waals surface area contributed by atoms with Crippen LogP contribution < -0.4 is 0 Å². The molecule has 0 bridgehead atoms. The van der Waals surface area contributed by atoms with Crippen LogP contribution in [0.3, 0.4) is 0 Å². The standard InChI is InChI=1S/C12H3Cl7/c13-5-3-1-2-4(7(5)14)6-8(15)10(17)12(19)11(18)9(6)16/h1-3H. The van der Waals surface area contributed by atoms with Crippen LogP contribution in [0.1, 0.15) is 0 Å². The number of halogens is 7. The average Bonchev–Trinajstić information content (AvgIpc) is 2.39. The first-order valence-corrected chi connectivity index (χ1v) is 7.46. The number of benzene rings is 2. The molecule has 7 heteroatoms. The molecule has 0 unspecified atom stereocenters. The van der Waals surface area contributed by atoms with Gasteiger partial charge in [0.2, 0.25) is 0 Å². The van der Waals surface area contributed by atoms with Crippen LogP contribution in [-0.2, 0) is 0 Å². The first kappa shape index (κ1) is 15.9. The second kappa shape index (κ2) is 6.07. The van der Waals surface area contributed by atoms with Gasteiger partial charge in [0.05, 0.1) is 35.2 Å². The van der Waals surface area contributed by atoms with Gasteiger partial charge in [-0.25, -0.2) is 0 Å². The second-order valence-corrected chi connectivity index (χ2v) is 6.22. The fourth-order valence-electron chi connectivity index (χ4n) is 1.54. The molecule has 0 nitrogen and oxygen atoms in total. The molecule has 0 amide bonds. The van der Waals surface area contributed by atoms with Gasteiger partial charge in [0.15, 0.2) is 0 Å². The quantitative estimate of drug-likeness (QED) is 0.340. The highest BCUT2D eigenvalue weighted by Gasteiger charge is 2.22. The Hall–Kier alpha value is 0.470. The summed E-state index contributed by atoms with van der Waals surface area (Å²) < 4.78 is 0. The van der Waals surface area contributed by atoms with E-state index < -0.39 is 0 Å². The molecule has 0 saturated heterocycles. The normalized spacial score (nSPS) is 10.9. The second-order valence-electron chi connectivity index (χ2n) is 3.55. The van der Waals surface area contributed by atoms with Crippen LogP contribution in [0.4, 0.5) is 0 Å². The van der Waals surface area contributed by atoms with Crippen molar-refractivity contribution in [2.45, 2.75) is 0 Å². The zero-order chi connectivity index (χ0) is 14.3. The Morgan fingerprint density at radius 3 is 1.53 bits per heavy atom. The van der Waals surface area contributed by atoms with Gasteiger partial charge in [-0.2, -0.15) is 0 Å². The molecule has 0 atom stereocenters. The highest BCUT2D eigenvalue weighted by molar-refractivity contribution is 6.57. The predicted molar refractivity (Wildman–Crippen MR) is 86.9 cm³/mol. The first-order valence-electron chi connectivity index (χ1n) is 4.82. The van der Waals surface area contributed by atoms with Crippen LogP contribution in [0.25, 0.3) is 11.1 Å². The van der Waals surface area contributed by atoms with Gasteiger partial charge < -0.3 is 0 Å². The summed E-state index contributed by atoms with van der Waals surface area (Å²) in [5.74, 6) is 0. The van der Waals surface area contributed by atoms with Crippen LogP contribution in [0.5, 0.6) is 0 Å². The van der Waals surface area contributed by atoms with Crippen LogP contribution in [-0.4, -0.2) is 0 Å². The highest BCUT2D eigenvalue weighted by Crippen LogP contribution is 2.50. The Bertz CT molecular complexity index is 635. The minimum atomic E-state index is 0.0974. The zero-order valence-electron chi connectivity index (χ0n) is 8.88. The Labute approximate surface area is 145 Å². The molecule has 0 heterocycles. The summed E-state index contributed by atoms with van der Waals surface area (Å²) in [6.45, 7) is 0. The largest absolute Gasteiger partial charge is 0.0827 e. The van der Waals surface area contributed by atoms with Gasteiger partial charge in [0, 0.05) is 11.1 Å². The van der Waals surface area contributed by atoms with Crippen LogP contribution in [0.2, 0.25) is 35.2 Å². The van der Waals surface area contributed by atoms with E-state index in [9.17, 15) is 0 Å². The van der Waals surface area contributed by atoms with Crippen molar-refractivity contribution in [1.29, 1.82) is 0 Å². The van der Waals surface area contributed by atoms with E-state index in [-0.39, 0.29) is 25.1 Å². The average molecular weight is 395 g/mol. The minimum Gasteiger partial charge on any atom is -0.0827 e. The third-order valence-electron chi connectivity index (χ3n) is 2.43. The lowest BCUT2D eigenvalue weighted by atomic mass is 10.1. The molecule has 19 heavy (non-hydrogen) atoms. The van der Waals surface area contributed by atoms with Crippen LogP contribution in [0, 0.1) is 0 Å². The molecule has 100 valence electrons. The maximum atomic E-state index is 6.17. The molecule has 0 aliphatic rings. The molecule has 0 fully saturated rings. The van der Waals surface area contributed by atoms with E-state index >= 15 is 0 Å². The van der Waals surface area contributed by atoms with Crippen molar-refractivity contribution < 1.29 is 0 Å². The predicted octanol–water partition coefficient (Wildman–Crippen LogP) is 7.93. The lowest BCUT2D eigenvalue weighted by molar-refractivity contribution is 1.61. The van der Waals surface area contributed by atoms with Crippen molar-refractivity contribution in [3.05, 3.63) is 53.4 Å². The van der Waals surface area contributed by atoms with E-state index in [1.54, 1.807) is 18.2 Å². The lowest BCUT2D eigenvalue weighted by Gasteiger charge is -2.14. The van der Waals surface area contributed by atoms with E-state index in [1.807, 2.05) is 0 Å². The van der Waals surface area contributed by atoms with Crippen LogP contribution >= 0.6 is 81.2 Å². The Balaban J connectivity index is 2.87. The highest BCUT2D eigenvalue weighted by atomic mass is 35.5. The van der Waals surface area contributed by atoms with Crippen molar-refractivity contribution in [3.8, 4) is 11.1 Å². The summed E-state index contributed by atoms with van der Waals surface area (Å²) in [6.07, 6.45) is 0. The molecule has 2 aromatic carbocycles. The van der Waals surface area contributed by atoms with E-state index in [0.717, 1.165) is 0 Å². The SMILES string of the molecule is Clc1cccc(-c2c(Cl)c(Cl)c(Cl)c(Cl)c2Cl)c1Cl. The molecule has 2 rings (SSSR count). The molecule has 0 aromatic heterocycles. The smallest absolute Gasteiger partial charge is 0.0809 e. The molecule has 0 saturated carbocycles. The Morgan fingerprint density at radius 2 is 1.00 bits per heavy atom. The lowest BCUT2D eigenvalue weighted by Crippen LogP contribution is -1.88. The monoisotopic (exact) mass is 392 g/mol. The number of rotatable bonds is 1. The molecular weight excluding hydrogens is 392 g/mol. The van der Waals surface area contributed by atoms with Gasteiger partial charge in [-0.15, -0.1) is 0 Å². The zero-order valence-corrected chi connectivity index (χ0v) is 14.2. The summed E-state index contributed by atoms with van der Waals surface area (Å²) in [4.78, 5) is 0. The Kier molecular flexibility index (Phi) is 5.07. The maximum Gasteiger partial charge on any atom is 0.0809 e. The van der Waals surface area contributed by atoms with Crippen molar-refractivity contribution in [2.24, 2.45) is 0 Å². The summed E-state index contributed by atoms with van der Waals surface area (Å²) >= 11 is 42.4. The third-order valence-corrected chi connectivity index (χ3v) is 5.53. The minimum absolute atomic E-state index is 0.0974. The summed E-state index contributed by atoms with van der Waals surface area (Å²) in [6, 6.07) is 5.07. The van der Waals surface area contributed by atoms with Crippen molar-refractivity contribution in [3.63, 3.8) is 0 Å². The van der Waals surface area contributed by atoms with Gasteiger partial charge in [0.1, 0.15) is 0 Å².